The van der Waals surface area contributed by atoms with E-state index in [9.17, 15) is 4.79 Å². The maximum Gasteiger partial charge on any atom is 0.225 e. The number of hydrogen-bond acceptors (Lipinski definition) is 7. The fourth-order valence-corrected chi connectivity index (χ4v) is 3.59. The van der Waals surface area contributed by atoms with Gasteiger partial charge >= 0.3 is 0 Å². The van der Waals surface area contributed by atoms with Crippen molar-refractivity contribution in [1.82, 2.24) is 20.1 Å². The topological polar surface area (TPSA) is 83.5 Å². The molecule has 0 spiro atoms. The molecule has 2 aliphatic rings. The molecule has 2 aliphatic heterocycles. The van der Waals surface area contributed by atoms with E-state index in [1.165, 1.54) is 0 Å². The molecule has 0 bridgehead atoms. The van der Waals surface area contributed by atoms with Gasteiger partial charge in [-0.15, -0.1) is 10.2 Å². The third-order valence-corrected chi connectivity index (χ3v) is 5.30. The molecule has 4 heterocycles. The van der Waals surface area contributed by atoms with E-state index in [-0.39, 0.29) is 11.8 Å². The van der Waals surface area contributed by atoms with Gasteiger partial charge in [0.05, 0.1) is 0 Å². The number of aromatic nitrogens is 3. The zero-order valence-electron chi connectivity index (χ0n) is 16.2. The van der Waals surface area contributed by atoms with E-state index in [4.69, 9.17) is 4.74 Å². The lowest BCUT2D eigenvalue weighted by Gasteiger charge is -2.37. The number of piperazine rings is 1. The van der Waals surface area contributed by atoms with Gasteiger partial charge in [0.15, 0.2) is 11.6 Å². The van der Waals surface area contributed by atoms with Crippen LogP contribution in [0, 0.1) is 12.8 Å². The maximum absolute atomic E-state index is 12.6. The molecule has 0 radical (unpaired) electrons. The van der Waals surface area contributed by atoms with Gasteiger partial charge in [-0.1, -0.05) is 6.07 Å². The first kappa shape index (κ1) is 18.6. The van der Waals surface area contributed by atoms with Crippen molar-refractivity contribution in [3.8, 4) is 0 Å². The number of amides is 1. The maximum atomic E-state index is 12.6. The first-order valence-electron chi connectivity index (χ1n) is 9.84. The van der Waals surface area contributed by atoms with Crippen molar-refractivity contribution in [2.24, 2.45) is 5.92 Å². The highest BCUT2D eigenvalue weighted by molar-refractivity contribution is 5.79. The number of nitrogens with zero attached hydrogens (tertiary/aromatic N) is 5. The summed E-state index contributed by atoms with van der Waals surface area (Å²) in [6.45, 7) is 6.40. The molecule has 2 fully saturated rings. The third kappa shape index (κ3) is 4.39. The van der Waals surface area contributed by atoms with E-state index >= 15 is 0 Å². The molecular weight excluding hydrogens is 356 g/mol. The molecule has 8 heteroatoms. The van der Waals surface area contributed by atoms with Crippen molar-refractivity contribution in [1.29, 1.82) is 0 Å². The van der Waals surface area contributed by atoms with E-state index in [0.717, 1.165) is 56.2 Å². The van der Waals surface area contributed by atoms with E-state index < -0.39 is 0 Å². The first-order chi connectivity index (χ1) is 13.7. The molecular formula is C20H26N6O2. The van der Waals surface area contributed by atoms with Crippen LogP contribution in [0.15, 0.2) is 30.5 Å². The average Bonchev–Trinajstić information content (AvgIpc) is 2.76. The Labute approximate surface area is 164 Å². The van der Waals surface area contributed by atoms with Gasteiger partial charge in [-0.25, -0.2) is 4.98 Å². The summed E-state index contributed by atoms with van der Waals surface area (Å²) < 4.78 is 5.36. The highest BCUT2D eigenvalue weighted by atomic mass is 16.5. The van der Waals surface area contributed by atoms with Crippen molar-refractivity contribution < 1.29 is 9.53 Å². The van der Waals surface area contributed by atoms with Gasteiger partial charge < -0.3 is 19.9 Å². The summed E-state index contributed by atoms with van der Waals surface area (Å²) in [6, 6.07) is 7.78. The van der Waals surface area contributed by atoms with Crippen LogP contribution in [0.3, 0.4) is 0 Å². The largest absolute Gasteiger partial charge is 0.381 e. The summed E-state index contributed by atoms with van der Waals surface area (Å²) >= 11 is 0. The number of nitrogens with one attached hydrogen (secondary N) is 1. The lowest BCUT2D eigenvalue weighted by Crippen LogP contribution is -2.51. The van der Waals surface area contributed by atoms with Crippen LogP contribution in [0.4, 0.5) is 17.5 Å². The summed E-state index contributed by atoms with van der Waals surface area (Å²) in [7, 11) is 0. The van der Waals surface area contributed by atoms with Gasteiger partial charge in [-0.2, -0.15) is 0 Å². The minimum Gasteiger partial charge on any atom is -0.381 e. The molecule has 0 aromatic carbocycles. The zero-order valence-corrected chi connectivity index (χ0v) is 16.2. The Bertz CT molecular complexity index is 781. The van der Waals surface area contributed by atoms with Gasteiger partial charge in [0, 0.05) is 51.5 Å². The fraction of sp³-hybridized carbons (Fsp3) is 0.500. The van der Waals surface area contributed by atoms with Crippen LogP contribution in [0.1, 0.15) is 18.4 Å². The monoisotopic (exact) mass is 382 g/mol. The van der Waals surface area contributed by atoms with E-state index in [1.54, 1.807) is 0 Å². The van der Waals surface area contributed by atoms with Crippen molar-refractivity contribution >= 4 is 23.4 Å². The molecule has 0 aliphatic carbocycles. The predicted octanol–water partition coefficient (Wildman–Crippen LogP) is 2.00. The van der Waals surface area contributed by atoms with Crippen molar-refractivity contribution in [2.75, 3.05) is 49.6 Å². The van der Waals surface area contributed by atoms with Crippen LogP contribution >= 0.6 is 0 Å². The van der Waals surface area contributed by atoms with Crippen molar-refractivity contribution in [3.05, 3.63) is 36.0 Å². The molecule has 28 heavy (non-hydrogen) atoms. The van der Waals surface area contributed by atoms with Gasteiger partial charge in [0.25, 0.3) is 0 Å². The van der Waals surface area contributed by atoms with Crippen LogP contribution in [-0.4, -0.2) is 65.4 Å². The summed E-state index contributed by atoms with van der Waals surface area (Å²) in [4.78, 5) is 21.1. The number of carbonyl (C=O) groups excluding carboxylic acids is 1. The van der Waals surface area contributed by atoms with Crippen LogP contribution in [-0.2, 0) is 9.53 Å². The Morgan fingerprint density at radius 2 is 1.79 bits per heavy atom. The average molecular weight is 382 g/mol. The SMILES string of the molecule is Cc1ccc(Nc2ccc(N3CCN(C(=O)C4CCOCC4)CC3)nn2)nc1. The Kier molecular flexibility index (Phi) is 5.66. The van der Waals surface area contributed by atoms with Gasteiger partial charge in [0.2, 0.25) is 5.91 Å². The molecule has 0 atom stereocenters. The van der Waals surface area contributed by atoms with Crippen LogP contribution in [0.5, 0.6) is 0 Å². The smallest absolute Gasteiger partial charge is 0.225 e. The van der Waals surface area contributed by atoms with Crippen molar-refractivity contribution in [2.45, 2.75) is 19.8 Å². The lowest BCUT2D eigenvalue weighted by molar-refractivity contribution is -0.138. The number of ether oxygens (including phenoxy) is 1. The number of hydrogen-bond donors (Lipinski definition) is 1. The van der Waals surface area contributed by atoms with E-state index in [2.05, 4.69) is 25.4 Å². The fourth-order valence-electron chi connectivity index (χ4n) is 3.59. The predicted molar refractivity (Wildman–Crippen MR) is 107 cm³/mol. The summed E-state index contributed by atoms with van der Waals surface area (Å²) in [6.07, 6.45) is 3.49. The van der Waals surface area contributed by atoms with Gasteiger partial charge in [0.1, 0.15) is 5.82 Å². The Morgan fingerprint density at radius 1 is 1.04 bits per heavy atom. The van der Waals surface area contributed by atoms with Gasteiger partial charge in [-0.05, 0) is 43.5 Å². The number of rotatable bonds is 4. The molecule has 2 aromatic heterocycles. The molecule has 1 N–H and O–H groups in total. The molecule has 4 rings (SSSR count). The second-order valence-corrected chi connectivity index (χ2v) is 7.32. The number of carbonyl (C=O) groups is 1. The second-order valence-electron chi connectivity index (χ2n) is 7.32. The zero-order chi connectivity index (χ0) is 19.3. The van der Waals surface area contributed by atoms with E-state index in [1.807, 2.05) is 42.3 Å². The highest BCUT2D eigenvalue weighted by Gasteiger charge is 2.29. The Hall–Kier alpha value is -2.74. The normalized spacial score (nSPS) is 18.2. The Morgan fingerprint density at radius 3 is 2.43 bits per heavy atom. The minimum atomic E-state index is 0.126. The summed E-state index contributed by atoms with van der Waals surface area (Å²) in [5.74, 6) is 2.64. The van der Waals surface area contributed by atoms with Crippen LogP contribution in [0.2, 0.25) is 0 Å². The molecule has 148 valence electrons. The Balaban J connectivity index is 1.30. The lowest BCUT2D eigenvalue weighted by atomic mass is 9.98. The third-order valence-electron chi connectivity index (χ3n) is 5.30. The minimum absolute atomic E-state index is 0.126. The van der Waals surface area contributed by atoms with Crippen molar-refractivity contribution in [3.63, 3.8) is 0 Å². The summed E-state index contributed by atoms with van der Waals surface area (Å²) in [5.41, 5.74) is 1.11. The molecule has 2 aromatic rings. The molecule has 0 unspecified atom stereocenters. The molecule has 0 saturated carbocycles. The number of pyridine rings is 1. The quantitative estimate of drug-likeness (QED) is 0.866. The standard InChI is InChI=1S/C20H26N6O2/c1-15-2-3-17(21-14-15)22-18-4-5-19(24-23-18)25-8-10-26(11-9-25)20(27)16-6-12-28-13-7-16/h2-5,14,16H,6-13H2,1H3,(H,21,22,23). The highest BCUT2D eigenvalue weighted by Crippen LogP contribution is 2.21. The number of anilines is 3. The number of aryl methyl sites for hydroxylation is 1. The van der Waals surface area contributed by atoms with Crippen LogP contribution in [0.25, 0.3) is 0 Å². The van der Waals surface area contributed by atoms with Gasteiger partial charge in [-0.3, -0.25) is 4.79 Å². The first-order valence-corrected chi connectivity index (χ1v) is 9.84. The van der Waals surface area contributed by atoms with Crippen LogP contribution < -0.4 is 10.2 Å². The second kappa shape index (κ2) is 8.52. The molecule has 2 saturated heterocycles. The molecule has 8 nitrogen and oxygen atoms in total. The van der Waals surface area contributed by atoms with E-state index in [0.29, 0.717) is 19.0 Å². The summed E-state index contributed by atoms with van der Waals surface area (Å²) in [5, 5.41) is 11.8. The molecule has 1 amide bonds.